The van der Waals surface area contributed by atoms with E-state index in [9.17, 15) is 9.59 Å². The standard InChI is InChI=1S/C20H12N2O2.C2H6/c23-19-11-5-1-3-7-15(11)21-17-10-14-18(9-13(17)19)22-16-8-4-2-6-12(16)20(14)24;1-2/h1-10H,(H,21,23)(H,22,24);1-2H3. The highest BCUT2D eigenvalue weighted by atomic mass is 16.1. The predicted molar refractivity (Wildman–Crippen MR) is 109 cm³/mol. The average molecular weight is 342 g/mol. The number of para-hydroxylation sites is 2. The van der Waals surface area contributed by atoms with Crippen LogP contribution in [0.1, 0.15) is 13.8 Å². The first kappa shape index (κ1) is 16.1. The number of hydrogen-bond acceptors (Lipinski definition) is 2. The summed E-state index contributed by atoms with van der Waals surface area (Å²) in [5.41, 5.74) is 2.82. The van der Waals surface area contributed by atoms with E-state index in [1.54, 1.807) is 24.3 Å². The molecule has 0 aliphatic carbocycles. The number of hydrogen-bond donors (Lipinski definition) is 2. The fourth-order valence-electron chi connectivity index (χ4n) is 3.34. The van der Waals surface area contributed by atoms with Crippen LogP contribution in [0, 0.1) is 0 Å². The largest absolute Gasteiger partial charge is 0.354 e. The Kier molecular flexibility index (Phi) is 3.81. The number of aromatic nitrogens is 2. The van der Waals surface area contributed by atoms with Gasteiger partial charge in [-0.25, -0.2) is 0 Å². The zero-order valence-electron chi connectivity index (χ0n) is 14.6. The van der Waals surface area contributed by atoms with Crippen molar-refractivity contribution >= 4 is 43.6 Å². The summed E-state index contributed by atoms with van der Waals surface area (Å²) in [7, 11) is 0. The minimum atomic E-state index is -0.0322. The Morgan fingerprint density at radius 2 is 0.923 bits per heavy atom. The second kappa shape index (κ2) is 6.15. The molecule has 2 aromatic heterocycles. The first-order chi connectivity index (χ1) is 12.7. The summed E-state index contributed by atoms with van der Waals surface area (Å²) in [6.45, 7) is 4.00. The van der Waals surface area contributed by atoms with Crippen LogP contribution in [0.3, 0.4) is 0 Å². The van der Waals surface area contributed by atoms with Gasteiger partial charge in [0.1, 0.15) is 0 Å². The van der Waals surface area contributed by atoms with Crippen LogP contribution in [0.15, 0.2) is 70.3 Å². The van der Waals surface area contributed by atoms with Crippen molar-refractivity contribution in [2.75, 3.05) is 0 Å². The minimum absolute atomic E-state index is 0.0322. The maximum Gasteiger partial charge on any atom is 0.197 e. The van der Waals surface area contributed by atoms with Gasteiger partial charge in [0.15, 0.2) is 10.9 Å². The molecule has 0 aliphatic heterocycles. The predicted octanol–water partition coefficient (Wildman–Crippen LogP) is 4.70. The van der Waals surface area contributed by atoms with Crippen molar-refractivity contribution in [2.24, 2.45) is 0 Å². The molecule has 4 heteroatoms. The third kappa shape index (κ3) is 2.30. The Bertz CT molecular complexity index is 1290. The molecule has 0 atom stereocenters. The molecule has 5 rings (SSSR count). The zero-order chi connectivity index (χ0) is 18.3. The molecule has 26 heavy (non-hydrogen) atoms. The molecule has 0 bridgehead atoms. The van der Waals surface area contributed by atoms with Gasteiger partial charge in [0.25, 0.3) is 0 Å². The Morgan fingerprint density at radius 1 is 0.538 bits per heavy atom. The van der Waals surface area contributed by atoms with E-state index in [2.05, 4.69) is 9.97 Å². The highest BCUT2D eigenvalue weighted by molar-refractivity contribution is 6.02. The fourth-order valence-corrected chi connectivity index (χ4v) is 3.34. The van der Waals surface area contributed by atoms with E-state index in [4.69, 9.17) is 0 Å². The van der Waals surface area contributed by atoms with Crippen LogP contribution in [0.4, 0.5) is 0 Å². The highest BCUT2D eigenvalue weighted by Crippen LogP contribution is 2.21. The first-order valence-corrected chi connectivity index (χ1v) is 8.72. The van der Waals surface area contributed by atoms with E-state index < -0.39 is 0 Å². The Morgan fingerprint density at radius 3 is 1.35 bits per heavy atom. The molecular weight excluding hydrogens is 324 g/mol. The van der Waals surface area contributed by atoms with Crippen molar-refractivity contribution in [3.8, 4) is 0 Å². The smallest absolute Gasteiger partial charge is 0.197 e. The third-order valence-electron chi connectivity index (χ3n) is 4.53. The summed E-state index contributed by atoms with van der Waals surface area (Å²) in [5.74, 6) is 0. The van der Waals surface area contributed by atoms with Crippen molar-refractivity contribution in [3.63, 3.8) is 0 Å². The topological polar surface area (TPSA) is 65.7 Å². The fraction of sp³-hybridized carbons (Fsp3) is 0.0909. The van der Waals surface area contributed by atoms with Crippen molar-refractivity contribution in [1.29, 1.82) is 0 Å². The van der Waals surface area contributed by atoms with Crippen LogP contribution in [0.25, 0.3) is 43.6 Å². The van der Waals surface area contributed by atoms with E-state index in [0.29, 0.717) is 32.6 Å². The molecular formula is C22H18N2O2. The molecule has 2 N–H and O–H groups in total. The van der Waals surface area contributed by atoms with Crippen molar-refractivity contribution < 1.29 is 0 Å². The lowest BCUT2D eigenvalue weighted by molar-refractivity contribution is 1.46. The number of nitrogens with one attached hydrogen (secondary N) is 2. The number of H-pyrrole nitrogens is 2. The average Bonchev–Trinajstić information content (AvgIpc) is 2.69. The molecule has 0 unspecified atom stereocenters. The van der Waals surface area contributed by atoms with Crippen LogP contribution in [0.5, 0.6) is 0 Å². The lowest BCUT2D eigenvalue weighted by atomic mass is 10.1. The summed E-state index contributed by atoms with van der Waals surface area (Å²) < 4.78 is 0. The molecule has 0 saturated carbocycles. The molecule has 4 nitrogen and oxygen atoms in total. The van der Waals surface area contributed by atoms with Crippen LogP contribution >= 0.6 is 0 Å². The van der Waals surface area contributed by atoms with E-state index in [1.165, 1.54) is 0 Å². The summed E-state index contributed by atoms with van der Waals surface area (Å²) in [6.07, 6.45) is 0. The summed E-state index contributed by atoms with van der Waals surface area (Å²) in [6, 6.07) is 18.3. The molecule has 0 radical (unpaired) electrons. The number of aromatic amines is 2. The first-order valence-electron chi connectivity index (χ1n) is 8.72. The summed E-state index contributed by atoms with van der Waals surface area (Å²) in [4.78, 5) is 32.1. The van der Waals surface area contributed by atoms with Gasteiger partial charge in [-0.05, 0) is 36.4 Å². The van der Waals surface area contributed by atoms with Gasteiger partial charge in [-0.1, -0.05) is 38.1 Å². The number of fused-ring (bicyclic) bond motifs is 4. The summed E-state index contributed by atoms with van der Waals surface area (Å²) >= 11 is 0. The second-order valence-electron chi connectivity index (χ2n) is 5.94. The Hall–Kier alpha value is -3.40. The van der Waals surface area contributed by atoms with Gasteiger partial charge in [-0.15, -0.1) is 0 Å². The number of benzene rings is 3. The maximum atomic E-state index is 12.8. The summed E-state index contributed by atoms with van der Waals surface area (Å²) in [5, 5.41) is 2.44. The molecule has 5 aromatic rings. The van der Waals surface area contributed by atoms with Gasteiger partial charge in [-0.3, -0.25) is 9.59 Å². The van der Waals surface area contributed by atoms with E-state index >= 15 is 0 Å². The van der Waals surface area contributed by atoms with Gasteiger partial charge in [0.2, 0.25) is 0 Å². The van der Waals surface area contributed by atoms with Crippen molar-refractivity contribution in [1.82, 2.24) is 9.97 Å². The molecule has 0 aliphatic rings. The third-order valence-corrected chi connectivity index (χ3v) is 4.53. The van der Waals surface area contributed by atoms with E-state index in [1.807, 2.05) is 50.2 Å². The minimum Gasteiger partial charge on any atom is -0.354 e. The maximum absolute atomic E-state index is 12.8. The van der Waals surface area contributed by atoms with Crippen molar-refractivity contribution in [3.05, 3.63) is 81.1 Å². The van der Waals surface area contributed by atoms with E-state index in [-0.39, 0.29) is 10.9 Å². The quantitative estimate of drug-likeness (QED) is 0.401. The zero-order valence-corrected chi connectivity index (χ0v) is 14.6. The Balaban J connectivity index is 0.000000814. The lowest BCUT2D eigenvalue weighted by Crippen LogP contribution is -2.08. The molecule has 0 fully saturated rings. The van der Waals surface area contributed by atoms with Gasteiger partial charge in [0.05, 0.1) is 11.0 Å². The SMILES string of the molecule is CC.O=c1c2ccccc2[nH]c2cc3c(=O)c4ccccc4[nH]c3cc12. The molecule has 0 saturated heterocycles. The molecule has 128 valence electrons. The molecule has 3 aromatic carbocycles. The normalized spacial score (nSPS) is 11.0. The van der Waals surface area contributed by atoms with Crippen LogP contribution in [-0.2, 0) is 0 Å². The van der Waals surface area contributed by atoms with Crippen LogP contribution < -0.4 is 10.9 Å². The molecule has 0 spiro atoms. The van der Waals surface area contributed by atoms with Gasteiger partial charge in [-0.2, -0.15) is 0 Å². The highest BCUT2D eigenvalue weighted by Gasteiger charge is 2.10. The molecule has 2 heterocycles. The number of rotatable bonds is 0. The van der Waals surface area contributed by atoms with Crippen LogP contribution in [-0.4, -0.2) is 9.97 Å². The Labute approximate surface area is 149 Å². The van der Waals surface area contributed by atoms with Gasteiger partial charge >= 0.3 is 0 Å². The lowest BCUT2D eigenvalue weighted by Gasteiger charge is -2.06. The van der Waals surface area contributed by atoms with Crippen LogP contribution in [0.2, 0.25) is 0 Å². The van der Waals surface area contributed by atoms with E-state index in [0.717, 1.165) is 11.0 Å². The monoisotopic (exact) mass is 342 g/mol. The van der Waals surface area contributed by atoms with Crippen molar-refractivity contribution in [2.45, 2.75) is 13.8 Å². The van der Waals surface area contributed by atoms with Gasteiger partial charge in [0, 0.05) is 32.6 Å². The molecule has 0 amide bonds. The number of pyridine rings is 2. The van der Waals surface area contributed by atoms with Gasteiger partial charge < -0.3 is 9.97 Å². The second-order valence-corrected chi connectivity index (χ2v) is 5.94.